The molecule has 1 unspecified atom stereocenters. The van der Waals surface area contributed by atoms with Gasteiger partial charge in [0.15, 0.2) is 0 Å². The van der Waals surface area contributed by atoms with Crippen molar-refractivity contribution in [1.82, 2.24) is 0 Å². The zero-order valence-electron chi connectivity index (χ0n) is 10.1. The molecule has 5 heteroatoms. The van der Waals surface area contributed by atoms with Crippen molar-refractivity contribution in [3.8, 4) is 0 Å². The van der Waals surface area contributed by atoms with Crippen molar-refractivity contribution < 1.29 is 19.4 Å². The van der Waals surface area contributed by atoms with Crippen LogP contribution in [0.25, 0.3) is 0 Å². The van der Waals surface area contributed by atoms with Gasteiger partial charge in [0.1, 0.15) is 6.04 Å². The lowest BCUT2D eigenvalue weighted by molar-refractivity contribution is -0.146. The molecule has 1 aliphatic heterocycles. The Bertz CT molecular complexity index is 181. The minimum atomic E-state index is -0.469. The maximum atomic E-state index is 11.3. The third-order valence-corrected chi connectivity index (χ3v) is 2.33. The molecule has 5 nitrogen and oxygen atoms in total. The molecule has 1 rings (SSSR count). The van der Waals surface area contributed by atoms with Crippen LogP contribution in [0.5, 0.6) is 0 Å². The molecular weight excluding hydrogens is 210 g/mol. The minimum absolute atomic E-state index is 0.229. The van der Waals surface area contributed by atoms with Gasteiger partial charge in [0.2, 0.25) is 0 Å². The van der Waals surface area contributed by atoms with E-state index in [4.69, 9.17) is 20.3 Å². The van der Waals surface area contributed by atoms with Gasteiger partial charge < -0.3 is 20.3 Å². The van der Waals surface area contributed by atoms with E-state index in [0.29, 0.717) is 19.8 Å². The van der Waals surface area contributed by atoms with Gasteiger partial charge in [0.05, 0.1) is 6.61 Å². The third kappa shape index (κ3) is 6.05. The summed E-state index contributed by atoms with van der Waals surface area (Å²) in [7, 11) is 0. The van der Waals surface area contributed by atoms with Crippen LogP contribution in [0.2, 0.25) is 0 Å². The highest BCUT2D eigenvalue weighted by Gasteiger charge is 2.27. The van der Waals surface area contributed by atoms with Gasteiger partial charge in [-0.15, -0.1) is 0 Å². The number of aliphatic hydroxyl groups is 1. The van der Waals surface area contributed by atoms with Crippen molar-refractivity contribution >= 4 is 5.97 Å². The summed E-state index contributed by atoms with van der Waals surface area (Å²) in [6, 6.07) is -0.469. The van der Waals surface area contributed by atoms with E-state index in [1.54, 1.807) is 13.8 Å². The highest BCUT2D eigenvalue weighted by molar-refractivity contribution is 5.75. The number of carbonyl (C=O) groups is 1. The molecule has 3 N–H and O–H groups in total. The van der Waals surface area contributed by atoms with E-state index in [0.717, 1.165) is 12.8 Å². The van der Waals surface area contributed by atoms with Gasteiger partial charge in [-0.2, -0.15) is 0 Å². The summed E-state index contributed by atoms with van der Waals surface area (Å²) < 4.78 is 10.0. The molecule has 0 amide bonds. The smallest absolute Gasteiger partial charge is 0.323 e. The van der Waals surface area contributed by atoms with E-state index in [1.165, 1.54) is 0 Å². The maximum Gasteiger partial charge on any atom is 0.323 e. The Labute approximate surface area is 96.9 Å². The molecule has 0 aromatic rings. The topological polar surface area (TPSA) is 81.8 Å². The van der Waals surface area contributed by atoms with Crippen molar-refractivity contribution in [3.05, 3.63) is 0 Å². The summed E-state index contributed by atoms with van der Waals surface area (Å²) >= 11 is 0. The van der Waals surface area contributed by atoms with Crippen LogP contribution < -0.4 is 5.73 Å². The first-order chi connectivity index (χ1) is 7.67. The lowest BCUT2D eigenvalue weighted by atomic mass is 9.92. The normalized spacial score (nSPS) is 18.2. The number of nitrogens with two attached hydrogens (primary N) is 1. The Morgan fingerprint density at radius 2 is 2.00 bits per heavy atom. The van der Waals surface area contributed by atoms with E-state index in [1.807, 2.05) is 0 Å². The largest absolute Gasteiger partial charge is 0.465 e. The van der Waals surface area contributed by atoms with Gasteiger partial charge in [0.25, 0.3) is 0 Å². The van der Waals surface area contributed by atoms with Gasteiger partial charge in [-0.1, -0.05) is 0 Å². The molecule has 1 aliphatic rings. The average molecular weight is 233 g/mol. The molecule has 0 aliphatic carbocycles. The maximum absolute atomic E-state index is 11.3. The van der Waals surface area contributed by atoms with E-state index >= 15 is 0 Å². The first-order valence-corrected chi connectivity index (χ1v) is 5.78. The van der Waals surface area contributed by atoms with Crippen molar-refractivity contribution in [1.29, 1.82) is 0 Å². The fraction of sp³-hybridized carbons (Fsp3) is 0.909. The minimum Gasteiger partial charge on any atom is -0.465 e. The predicted molar refractivity (Wildman–Crippen MR) is 60.9 cm³/mol. The zero-order valence-corrected chi connectivity index (χ0v) is 10.1. The molecule has 1 fully saturated rings. The summed E-state index contributed by atoms with van der Waals surface area (Å²) in [6.07, 6.45) is 1.72. The fourth-order valence-electron chi connectivity index (χ4n) is 1.51. The molecule has 1 saturated heterocycles. The van der Waals surface area contributed by atoms with Crippen molar-refractivity contribution in [3.63, 3.8) is 0 Å². The number of rotatable bonds is 3. The standard InChI is InChI=1S/C9H17NO3.C2H6O/c1-2-13-9(11)8(10)7-3-5-12-6-4-7;1-2-3/h7-8H,2-6,10H2,1H3;3H,2H2,1H3. The molecule has 0 bridgehead atoms. The van der Waals surface area contributed by atoms with Crippen LogP contribution >= 0.6 is 0 Å². The summed E-state index contributed by atoms with van der Waals surface area (Å²) in [6.45, 7) is 5.53. The second-order valence-corrected chi connectivity index (χ2v) is 3.54. The first kappa shape index (κ1) is 15.3. The summed E-state index contributed by atoms with van der Waals surface area (Å²) in [5, 5.41) is 7.57. The van der Waals surface area contributed by atoms with Crippen LogP contribution in [0.1, 0.15) is 26.7 Å². The number of hydrogen-bond donors (Lipinski definition) is 2. The first-order valence-electron chi connectivity index (χ1n) is 5.78. The lowest BCUT2D eigenvalue weighted by Gasteiger charge is -2.25. The van der Waals surface area contributed by atoms with Crippen LogP contribution in [0.3, 0.4) is 0 Å². The summed E-state index contributed by atoms with van der Waals surface area (Å²) in [4.78, 5) is 11.3. The highest BCUT2D eigenvalue weighted by Crippen LogP contribution is 2.18. The van der Waals surface area contributed by atoms with Gasteiger partial charge in [-0.3, -0.25) is 4.79 Å². The fourth-order valence-corrected chi connectivity index (χ4v) is 1.51. The Balaban J connectivity index is 0.000000673. The van der Waals surface area contributed by atoms with Crippen LogP contribution in [-0.2, 0) is 14.3 Å². The van der Waals surface area contributed by atoms with Crippen LogP contribution in [0.4, 0.5) is 0 Å². The lowest BCUT2D eigenvalue weighted by Crippen LogP contribution is -2.41. The average Bonchev–Trinajstić information content (AvgIpc) is 2.30. The molecule has 0 aromatic carbocycles. The summed E-state index contributed by atoms with van der Waals surface area (Å²) in [5.41, 5.74) is 5.75. The highest BCUT2D eigenvalue weighted by atomic mass is 16.5. The second-order valence-electron chi connectivity index (χ2n) is 3.54. The Morgan fingerprint density at radius 1 is 1.50 bits per heavy atom. The zero-order chi connectivity index (χ0) is 12.4. The van der Waals surface area contributed by atoms with Crippen molar-refractivity contribution in [2.24, 2.45) is 11.7 Å². The quantitative estimate of drug-likeness (QED) is 0.685. The Kier molecular flexibility index (Phi) is 9.18. The molecule has 96 valence electrons. The predicted octanol–water partition coefficient (Wildman–Crippen LogP) is 0.302. The summed E-state index contributed by atoms with van der Waals surface area (Å²) in [5.74, 6) is -0.0535. The Morgan fingerprint density at radius 3 is 2.44 bits per heavy atom. The molecule has 1 heterocycles. The number of hydrogen-bond acceptors (Lipinski definition) is 5. The number of ether oxygens (including phenoxy) is 2. The molecular formula is C11H23NO4. The number of esters is 1. The van der Waals surface area contributed by atoms with E-state index in [9.17, 15) is 4.79 Å². The Hall–Kier alpha value is -0.650. The third-order valence-electron chi connectivity index (χ3n) is 2.33. The molecule has 16 heavy (non-hydrogen) atoms. The number of aliphatic hydroxyl groups excluding tert-OH is 1. The van der Waals surface area contributed by atoms with Gasteiger partial charge in [-0.25, -0.2) is 0 Å². The molecule has 1 atom stereocenters. The van der Waals surface area contributed by atoms with Crippen LogP contribution in [0, 0.1) is 5.92 Å². The van der Waals surface area contributed by atoms with E-state index in [-0.39, 0.29) is 18.5 Å². The number of carbonyl (C=O) groups excluding carboxylic acids is 1. The van der Waals surface area contributed by atoms with Crippen molar-refractivity contribution in [2.75, 3.05) is 26.4 Å². The van der Waals surface area contributed by atoms with Gasteiger partial charge in [-0.05, 0) is 32.6 Å². The van der Waals surface area contributed by atoms with E-state index in [2.05, 4.69) is 0 Å². The molecule has 0 aromatic heterocycles. The second kappa shape index (κ2) is 9.57. The SMILES string of the molecule is CCO.CCOC(=O)C(N)C1CCOCC1. The molecule has 0 radical (unpaired) electrons. The van der Waals surface area contributed by atoms with E-state index < -0.39 is 6.04 Å². The van der Waals surface area contributed by atoms with Gasteiger partial charge in [0, 0.05) is 19.8 Å². The molecule has 0 spiro atoms. The van der Waals surface area contributed by atoms with Crippen LogP contribution in [-0.4, -0.2) is 43.5 Å². The molecule has 0 saturated carbocycles. The van der Waals surface area contributed by atoms with Crippen LogP contribution in [0.15, 0.2) is 0 Å². The van der Waals surface area contributed by atoms with Crippen molar-refractivity contribution in [2.45, 2.75) is 32.7 Å². The van der Waals surface area contributed by atoms with Gasteiger partial charge >= 0.3 is 5.97 Å². The monoisotopic (exact) mass is 233 g/mol.